The minimum Gasteiger partial charge on any atom is -0.288 e. The third kappa shape index (κ3) is 4.10. The van der Waals surface area contributed by atoms with Crippen LogP contribution in [0.5, 0.6) is 0 Å². The highest BCUT2D eigenvalue weighted by Gasteiger charge is 2.35. The van der Waals surface area contributed by atoms with Gasteiger partial charge in [0.2, 0.25) is 11.7 Å². The molecule has 5 nitrogen and oxygen atoms in total. The highest BCUT2D eigenvalue weighted by molar-refractivity contribution is 8.00. The number of carbonyl (C=O) groups is 1. The number of rotatable bonds is 5. The fourth-order valence-electron chi connectivity index (χ4n) is 2.89. The molecule has 0 N–H and O–H groups in total. The third-order valence-corrected chi connectivity index (χ3v) is 6.32. The Morgan fingerprint density at radius 2 is 1.73 bits per heavy atom. The standard InChI is InChI=1S/C20H15F3N4OS2/c1-2-27(19-25-14-9-5-6-10-15(14)30-19)16(28)11-29-17-12-7-3-4-8-13(12)24-18(26-17)20(21,22)23/h3-10H,2,11H2,1H3. The Hall–Kier alpha value is -2.72. The van der Waals surface area contributed by atoms with Gasteiger partial charge in [-0.05, 0) is 25.1 Å². The molecule has 0 aliphatic carbocycles. The SMILES string of the molecule is CCN(C(=O)CSc1nc(C(F)(F)F)nc2ccccc12)c1nc2ccccc2s1. The van der Waals surface area contributed by atoms with E-state index >= 15 is 0 Å². The Morgan fingerprint density at radius 3 is 2.43 bits per heavy atom. The van der Waals surface area contributed by atoms with Crippen LogP contribution in [0.15, 0.2) is 53.6 Å². The Kier molecular flexibility index (Phi) is 5.61. The second-order valence-electron chi connectivity index (χ2n) is 6.26. The molecular weight excluding hydrogens is 433 g/mol. The number of benzene rings is 2. The van der Waals surface area contributed by atoms with Gasteiger partial charge in [-0.3, -0.25) is 9.69 Å². The lowest BCUT2D eigenvalue weighted by Crippen LogP contribution is -2.32. The minimum absolute atomic E-state index is 0.0674. The molecule has 0 fully saturated rings. The van der Waals surface area contributed by atoms with Gasteiger partial charge in [0.15, 0.2) is 5.13 Å². The van der Waals surface area contributed by atoms with Crippen LogP contribution >= 0.6 is 23.1 Å². The van der Waals surface area contributed by atoms with Crippen molar-refractivity contribution in [2.45, 2.75) is 18.1 Å². The van der Waals surface area contributed by atoms with Crippen molar-refractivity contribution in [3.05, 3.63) is 54.4 Å². The first-order chi connectivity index (χ1) is 14.4. The number of nitrogens with zero attached hydrogens (tertiary/aromatic N) is 4. The Bertz CT molecular complexity index is 1190. The number of hydrogen-bond acceptors (Lipinski definition) is 6. The van der Waals surface area contributed by atoms with Gasteiger partial charge in [0.25, 0.3) is 0 Å². The zero-order valence-electron chi connectivity index (χ0n) is 15.7. The normalized spacial score (nSPS) is 11.9. The highest BCUT2D eigenvalue weighted by Crippen LogP contribution is 2.33. The van der Waals surface area contributed by atoms with Crippen LogP contribution in [0.3, 0.4) is 0 Å². The maximum absolute atomic E-state index is 13.2. The Labute approximate surface area is 178 Å². The van der Waals surface area contributed by atoms with Gasteiger partial charge in [-0.2, -0.15) is 13.2 Å². The number of aromatic nitrogens is 3. The molecule has 0 unspecified atom stereocenters. The summed E-state index contributed by atoms with van der Waals surface area (Å²) in [5, 5.41) is 1.17. The van der Waals surface area contributed by atoms with Crippen LogP contribution in [-0.2, 0) is 11.0 Å². The Morgan fingerprint density at radius 1 is 1.03 bits per heavy atom. The molecule has 4 rings (SSSR count). The van der Waals surface area contributed by atoms with Crippen molar-refractivity contribution in [1.29, 1.82) is 0 Å². The van der Waals surface area contributed by atoms with Gasteiger partial charge in [-0.15, -0.1) is 0 Å². The molecule has 2 aromatic heterocycles. The second kappa shape index (κ2) is 8.19. The third-order valence-electron chi connectivity index (χ3n) is 4.28. The van der Waals surface area contributed by atoms with E-state index < -0.39 is 12.0 Å². The van der Waals surface area contributed by atoms with Gasteiger partial charge >= 0.3 is 6.18 Å². The van der Waals surface area contributed by atoms with E-state index in [0.717, 1.165) is 22.0 Å². The van der Waals surface area contributed by atoms with Crippen molar-refractivity contribution >= 4 is 55.3 Å². The summed E-state index contributed by atoms with van der Waals surface area (Å²) in [5.74, 6) is -1.53. The summed E-state index contributed by atoms with van der Waals surface area (Å²) in [4.78, 5) is 26.2. The summed E-state index contributed by atoms with van der Waals surface area (Å²) in [6.45, 7) is 2.23. The predicted molar refractivity (Wildman–Crippen MR) is 113 cm³/mol. The van der Waals surface area contributed by atoms with Crippen LogP contribution in [-0.4, -0.2) is 33.2 Å². The van der Waals surface area contributed by atoms with E-state index in [0.29, 0.717) is 17.1 Å². The van der Waals surface area contributed by atoms with Crippen LogP contribution in [0.1, 0.15) is 12.7 Å². The van der Waals surface area contributed by atoms with Crippen LogP contribution in [0, 0.1) is 0 Å². The van der Waals surface area contributed by atoms with Gasteiger partial charge in [0.05, 0.1) is 21.5 Å². The summed E-state index contributed by atoms with van der Waals surface area (Å²) >= 11 is 2.37. The molecule has 2 aromatic carbocycles. The quantitative estimate of drug-likeness (QED) is 0.302. The average Bonchev–Trinajstić information content (AvgIpc) is 3.15. The van der Waals surface area contributed by atoms with Crippen molar-refractivity contribution in [1.82, 2.24) is 15.0 Å². The molecule has 0 saturated carbocycles. The Balaban J connectivity index is 1.60. The van der Waals surface area contributed by atoms with E-state index in [4.69, 9.17) is 0 Å². The molecule has 4 aromatic rings. The first-order valence-corrected chi connectivity index (χ1v) is 10.8. The van der Waals surface area contributed by atoms with Gasteiger partial charge in [-0.1, -0.05) is 53.4 Å². The summed E-state index contributed by atoms with van der Waals surface area (Å²) in [7, 11) is 0. The molecule has 0 atom stereocenters. The van der Waals surface area contributed by atoms with Crippen molar-refractivity contribution in [2.75, 3.05) is 17.2 Å². The molecule has 0 aliphatic rings. The fourth-order valence-corrected chi connectivity index (χ4v) is 4.83. The van der Waals surface area contributed by atoms with Crippen LogP contribution in [0.25, 0.3) is 21.1 Å². The number of para-hydroxylation sites is 2. The lowest BCUT2D eigenvalue weighted by Gasteiger charge is -2.17. The number of carbonyl (C=O) groups excluding carboxylic acids is 1. The molecule has 10 heteroatoms. The summed E-state index contributed by atoms with van der Waals surface area (Å²) in [6, 6.07) is 14.0. The molecule has 0 spiro atoms. The number of alkyl halides is 3. The lowest BCUT2D eigenvalue weighted by molar-refractivity contribution is -0.145. The van der Waals surface area contributed by atoms with Gasteiger partial charge < -0.3 is 0 Å². The first-order valence-electron chi connectivity index (χ1n) is 8.99. The monoisotopic (exact) mass is 448 g/mol. The molecule has 2 heterocycles. The molecule has 154 valence electrons. The fraction of sp³-hybridized carbons (Fsp3) is 0.200. The van der Waals surface area contributed by atoms with E-state index in [2.05, 4.69) is 15.0 Å². The number of anilines is 1. The van der Waals surface area contributed by atoms with Crippen LogP contribution < -0.4 is 4.90 Å². The van der Waals surface area contributed by atoms with Crippen molar-refractivity contribution in [2.24, 2.45) is 0 Å². The van der Waals surface area contributed by atoms with Crippen molar-refractivity contribution in [3.63, 3.8) is 0 Å². The number of fused-ring (bicyclic) bond motifs is 2. The summed E-state index contributed by atoms with van der Waals surface area (Å²) in [5.41, 5.74) is 0.987. The molecule has 0 bridgehead atoms. The maximum atomic E-state index is 13.2. The molecule has 0 aliphatic heterocycles. The predicted octanol–water partition coefficient (Wildman–Crippen LogP) is 5.40. The summed E-state index contributed by atoms with van der Waals surface area (Å²) < 4.78 is 40.5. The zero-order chi connectivity index (χ0) is 21.3. The molecule has 30 heavy (non-hydrogen) atoms. The first kappa shape index (κ1) is 20.5. The van der Waals surface area contributed by atoms with E-state index in [1.54, 1.807) is 18.2 Å². The maximum Gasteiger partial charge on any atom is 0.451 e. The molecule has 0 saturated heterocycles. The number of amides is 1. The summed E-state index contributed by atoms with van der Waals surface area (Å²) in [6.07, 6.45) is -4.67. The van der Waals surface area contributed by atoms with E-state index in [9.17, 15) is 18.0 Å². The van der Waals surface area contributed by atoms with Gasteiger partial charge in [0, 0.05) is 11.9 Å². The second-order valence-corrected chi connectivity index (χ2v) is 8.23. The minimum atomic E-state index is -4.67. The van der Waals surface area contributed by atoms with E-state index in [1.165, 1.54) is 22.3 Å². The average molecular weight is 448 g/mol. The topological polar surface area (TPSA) is 59.0 Å². The van der Waals surface area contributed by atoms with E-state index in [1.807, 2.05) is 31.2 Å². The molecule has 0 radical (unpaired) electrons. The number of halogens is 3. The van der Waals surface area contributed by atoms with Gasteiger partial charge in [-0.25, -0.2) is 15.0 Å². The van der Waals surface area contributed by atoms with Crippen LogP contribution in [0.2, 0.25) is 0 Å². The zero-order valence-corrected chi connectivity index (χ0v) is 17.3. The van der Waals surface area contributed by atoms with Crippen LogP contribution in [0.4, 0.5) is 18.3 Å². The molecule has 1 amide bonds. The van der Waals surface area contributed by atoms with Crippen molar-refractivity contribution < 1.29 is 18.0 Å². The number of thioether (sulfide) groups is 1. The number of thiazole rings is 1. The lowest BCUT2D eigenvalue weighted by atomic mass is 10.2. The highest BCUT2D eigenvalue weighted by atomic mass is 32.2. The molecular formula is C20H15F3N4OS2. The number of hydrogen-bond donors (Lipinski definition) is 0. The van der Waals surface area contributed by atoms with Gasteiger partial charge in [0.1, 0.15) is 5.03 Å². The van der Waals surface area contributed by atoms with E-state index in [-0.39, 0.29) is 22.2 Å². The van der Waals surface area contributed by atoms with Crippen molar-refractivity contribution in [3.8, 4) is 0 Å². The smallest absolute Gasteiger partial charge is 0.288 e. The largest absolute Gasteiger partial charge is 0.451 e.